The molecule has 0 amide bonds. The number of guanidine groups is 1. The minimum Gasteiger partial charge on any atom is -0.368 e. The van der Waals surface area contributed by atoms with Crippen LogP contribution in [0, 0.1) is 0 Å². The Labute approximate surface area is 183 Å². The number of hydrogen-bond donors (Lipinski definition) is 1. The molecule has 0 aliphatic carbocycles. The van der Waals surface area contributed by atoms with E-state index in [0.29, 0.717) is 0 Å². The summed E-state index contributed by atoms with van der Waals surface area (Å²) in [7, 11) is 1.94. The predicted molar refractivity (Wildman–Crippen MR) is 124 cm³/mol. The van der Waals surface area contributed by atoms with Crippen molar-refractivity contribution in [3.8, 4) is 0 Å². The molecule has 0 bridgehead atoms. The summed E-state index contributed by atoms with van der Waals surface area (Å²) in [4.78, 5) is 9.53. The zero-order valence-corrected chi connectivity index (χ0v) is 19.0. The second kappa shape index (κ2) is 10.8. The van der Waals surface area contributed by atoms with Crippen molar-refractivity contribution in [1.29, 1.82) is 0 Å². The van der Waals surface area contributed by atoms with Crippen molar-refractivity contribution >= 4 is 47.2 Å². The number of rotatable bonds is 5. The SMILES string of the molecule is CCNC(=NCCc1cnn(C)c1)N1CCN(c2cccc(Cl)c2)CC1.I. The highest BCUT2D eigenvalue weighted by molar-refractivity contribution is 14.0. The van der Waals surface area contributed by atoms with Gasteiger partial charge in [0.05, 0.1) is 6.20 Å². The van der Waals surface area contributed by atoms with Gasteiger partial charge in [0.1, 0.15) is 0 Å². The lowest BCUT2D eigenvalue weighted by Crippen LogP contribution is -2.52. The summed E-state index contributed by atoms with van der Waals surface area (Å²) in [6, 6.07) is 8.08. The number of anilines is 1. The molecule has 1 aliphatic rings. The van der Waals surface area contributed by atoms with Crippen molar-refractivity contribution in [1.82, 2.24) is 20.0 Å². The maximum Gasteiger partial charge on any atom is 0.194 e. The van der Waals surface area contributed by atoms with E-state index >= 15 is 0 Å². The standard InChI is InChI=1S/C19H27ClN6.HI/c1-3-21-19(22-8-7-16-14-23-24(2)15-16)26-11-9-25(10-12-26)18-6-4-5-17(20)13-18;/h4-6,13-15H,3,7-12H2,1-2H3,(H,21,22);1H. The molecule has 1 aliphatic heterocycles. The molecule has 1 N–H and O–H groups in total. The second-order valence-corrected chi connectivity index (χ2v) is 6.90. The molecule has 0 unspecified atom stereocenters. The second-order valence-electron chi connectivity index (χ2n) is 6.46. The number of nitrogens with one attached hydrogen (secondary N) is 1. The number of hydrogen-bond acceptors (Lipinski definition) is 3. The van der Waals surface area contributed by atoms with Crippen LogP contribution in [-0.2, 0) is 13.5 Å². The van der Waals surface area contributed by atoms with Crippen LogP contribution in [0.15, 0.2) is 41.7 Å². The Kier molecular flexibility index (Phi) is 8.69. The molecule has 1 aromatic heterocycles. The fraction of sp³-hybridized carbons (Fsp3) is 0.474. The molecule has 0 atom stereocenters. The Balaban J connectivity index is 0.00000261. The van der Waals surface area contributed by atoms with Gasteiger partial charge in [-0.05, 0) is 37.1 Å². The monoisotopic (exact) mass is 502 g/mol. The quantitative estimate of drug-likeness (QED) is 0.388. The van der Waals surface area contributed by atoms with Gasteiger partial charge < -0.3 is 15.1 Å². The van der Waals surface area contributed by atoms with Crippen molar-refractivity contribution < 1.29 is 0 Å². The lowest BCUT2D eigenvalue weighted by atomic mass is 10.2. The van der Waals surface area contributed by atoms with E-state index in [0.717, 1.165) is 56.7 Å². The van der Waals surface area contributed by atoms with Gasteiger partial charge in [-0.25, -0.2) is 0 Å². The molecule has 0 radical (unpaired) electrons. The Morgan fingerprint density at radius 3 is 2.67 bits per heavy atom. The molecular formula is C19H28ClIN6. The molecule has 2 heterocycles. The van der Waals surface area contributed by atoms with Crippen LogP contribution in [0.25, 0.3) is 0 Å². The highest BCUT2D eigenvalue weighted by Gasteiger charge is 2.19. The Hall–Kier alpha value is -1.48. The van der Waals surface area contributed by atoms with E-state index in [1.165, 1.54) is 11.3 Å². The maximum atomic E-state index is 6.12. The Morgan fingerprint density at radius 1 is 1.26 bits per heavy atom. The molecule has 1 aromatic carbocycles. The van der Waals surface area contributed by atoms with Gasteiger partial charge in [-0.3, -0.25) is 9.67 Å². The number of benzene rings is 1. The van der Waals surface area contributed by atoms with Crippen LogP contribution in [0.5, 0.6) is 0 Å². The van der Waals surface area contributed by atoms with Crippen molar-refractivity contribution in [2.45, 2.75) is 13.3 Å². The largest absolute Gasteiger partial charge is 0.368 e. The highest BCUT2D eigenvalue weighted by atomic mass is 127. The topological polar surface area (TPSA) is 48.7 Å². The molecular weight excluding hydrogens is 475 g/mol. The first-order valence-electron chi connectivity index (χ1n) is 9.17. The van der Waals surface area contributed by atoms with Crippen LogP contribution in [0.3, 0.4) is 0 Å². The minimum absolute atomic E-state index is 0. The van der Waals surface area contributed by atoms with Gasteiger partial charge in [0.25, 0.3) is 0 Å². The fourth-order valence-corrected chi connectivity index (χ4v) is 3.35. The lowest BCUT2D eigenvalue weighted by molar-refractivity contribution is 0.372. The first-order chi connectivity index (χ1) is 12.7. The summed E-state index contributed by atoms with van der Waals surface area (Å²) in [5.41, 5.74) is 2.41. The summed E-state index contributed by atoms with van der Waals surface area (Å²) in [6.07, 6.45) is 4.86. The zero-order chi connectivity index (χ0) is 18.4. The highest BCUT2D eigenvalue weighted by Crippen LogP contribution is 2.20. The molecule has 0 saturated carbocycles. The van der Waals surface area contributed by atoms with E-state index in [2.05, 4.69) is 33.2 Å². The third-order valence-electron chi connectivity index (χ3n) is 4.51. The summed E-state index contributed by atoms with van der Waals surface area (Å²) >= 11 is 6.12. The summed E-state index contributed by atoms with van der Waals surface area (Å²) in [6.45, 7) is 7.58. The summed E-state index contributed by atoms with van der Waals surface area (Å²) in [5.74, 6) is 1.00. The third kappa shape index (κ3) is 6.27. The van der Waals surface area contributed by atoms with Crippen molar-refractivity contribution in [3.05, 3.63) is 47.2 Å². The van der Waals surface area contributed by atoms with Gasteiger partial charge in [-0.15, -0.1) is 24.0 Å². The first-order valence-corrected chi connectivity index (χ1v) is 9.55. The Morgan fingerprint density at radius 2 is 2.04 bits per heavy atom. The van der Waals surface area contributed by atoms with Crippen LogP contribution in [-0.4, -0.2) is 59.9 Å². The molecule has 6 nitrogen and oxygen atoms in total. The molecule has 148 valence electrons. The average Bonchev–Trinajstić information content (AvgIpc) is 3.06. The van der Waals surface area contributed by atoms with Gasteiger partial charge in [-0.1, -0.05) is 17.7 Å². The third-order valence-corrected chi connectivity index (χ3v) is 4.74. The number of aromatic nitrogens is 2. The van der Waals surface area contributed by atoms with E-state index in [1.54, 1.807) is 0 Å². The molecule has 0 spiro atoms. The number of aliphatic imine (C=N–C) groups is 1. The smallest absolute Gasteiger partial charge is 0.194 e. The van der Waals surface area contributed by atoms with Crippen LogP contribution in [0.2, 0.25) is 5.02 Å². The number of piperazine rings is 1. The van der Waals surface area contributed by atoms with Crippen molar-refractivity contribution in [2.75, 3.05) is 44.2 Å². The van der Waals surface area contributed by atoms with Gasteiger partial charge in [0.2, 0.25) is 0 Å². The summed E-state index contributed by atoms with van der Waals surface area (Å²) < 4.78 is 1.83. The van der Waals surface area contributed by atoms with E-state index < -0.39 is 0 Å². The van der Waals surface area contributed by atoms with Crippen LogP contribution in [0.1, 0.15) is 12.5 Å². The van der Waals surface area contributed by atoms with Crippen LogP contribution >= 0.6 is 35.6 Å². The first kappa shape index (κ1) is 21.8. The molecule has 3 rings (SSSR count). The zero-order valence-electron chi connectivity index (χ0n) is 15.9. The number of halogens is 2. The average molecular weight is 503 g/mol. The number of aryl methyl sites for hydroxylation is 1. The molecule has 1 fully saturated rings. The predicted octanol–water partition coefficient (Wildman–Crippen LogP) is 3.02. The van der Waals surface area contributed by atoms with E-state index in [-0.39, 0.29) is 24.0 Å². The normalized spacial score (nSPS) is 14.9. The van der Waals surface area contributed by atoms with E-state index in [9.17, 15) is 0 Å². The number of nitrogens with zero attached hydrogens (tertiary/aromatic N) is 5. The van der Waals surface area contributed by atoms with Crippen molar-refractivity contribution in [3.63, 3.8) is 0 Å². The Bertz CT molecular complexity index is 739. The summed E-state index contributed by atoms with van der Waals surface area (Å²) in [5, 5.41) is 8.42. The van der Waals surface area contributed by atoms with Gasteiger partial charge >= 0.3 is 0 Å². The molecule has 2 aromatic rings. The molecule has 27 heavy (non-hydrogen) atoms. The molecule has 8 heteroatoms. The van der Waals surface area contributed by atoms with E-state index in [1.807, 2.05) is 42.3 Å². The van der Waals surface area contributed by atoms with E-state index in [4.69, 9.17) is 16.6 Å². The van der Waals surface area contributed by atoms with Gasteiger partial charge in [0.15, 0.2) is 5.96 Å². The van der Waals surface area contributed by atoms with Crippen molar-refractivity contribution in [2.24, 2.45) is 12.0 Å². The van der Waals surface area contributed by atoms with Crippen LogP contribution < -0.4 is 10.2 Å². The molecule has 1 saturated heterocycles. The maximum absolute atomic E-state index is 6.12. The van der Waals surface area contributed by atoms with Crippen LogP contribution in [0.4, 0.5) is 5.69 Å². The van der Waals surface area contributed by atoms with Gasteiger partial charge in [0, 0.05) is 63.2 Å². The lowest BCUT2D eigenvalue weighted by Gasteiger charge is -2.37. The minimum atomic E-state index is 0. The van der Waals surface area contributed by atoms with Gasteiger partial charge in [-0.2, -0.15) is 5.10 Å². The fourth-order valence-electron chi connectivity index (χ4n) is 3.17.